The summed E-state index contributed by atoms with van der Waals surface area (Å²) in [6.07, 6.45) is 9.35. The van der Waals surface area contributed by atoms with Gasteiger partial charge in [0.15, 0.2) is 0 Å². The highest BCUT2D eigenvalue weighted by atomic mass is 79.9. The second-order valence-corrected chi connectivity index (χ2v) is 7.31. The number of hydrogen-bond donors (Lipinski definition) is 1. The van der Waals surface area contributed by atoms with Crippen molar-refractivity contribution in [2.24, 2.45) is 0 Å². The van der Waals surface area contributed by atoms with Gasteiger partial charge in [0.1, 0.15) is 0 Å². The van der Waals surface area contributed by atoms with Crippen LogP contribution < -0.4 is 5.32 Å². The van der Waals surface area contributed by atoms with Gasteiger partial charge in [0.25, 0.3) is 0 Å². The Morgan fingerprint density at radius 3 is 2.91 bits per heavy atom. The number of hydrogen-bond acceptors (Lipinski definition) is 4. The van der Waals surface area contributed by atoms with Crippen molar-refractivity contribution in [3.8, 4) is 0 Å². The van der Waals surface area contributed by atoms with Gasteiger partial charge >= 0.3 is 0 Å². The highest BCUT2D eigenvalue weighted by Crippen LogP contribution is 2.35. The minimum atomic E-state index is 0.282. The van der Waals surface area contributed by atoms with Crippen molar-refractivity contribution in [2.45, 2.75) is 57.4 Å². The van der Waals surface area contributed by atoms with E-state index in [4.69, 9.17) is 9.84 Å². The first-order valence-corrected chi connectivity index (χ1v) is 9.28. The van der Waals surface area contributed by atoms with E-state index in [2.05, 4.69) is 43.7 Å². The Hall–Kier alpha value is -1.14. The van der Waals surface area contributed by atoms with Crippen LogP contribution in [0.15, 0.2) is 16.7 Å². The first kappa shape index (κ1) is 16.7. The SMILES string of the molecule is COCCC(C)Nc1ncc2c(Br)cc(C3CCCCC3)n2n1. The fraction of sp³-hybridized carbons (Fsp3) is 0.647. The highest BCUT2D eigenvalue weighted by Gasteiger charge is 2.21. The van der Waals surface area contributed by atoms with Gasteiger partial charge in [-0.25, -0.2) is 9.50 Å². The molecule has 126 valence electrons. The van der Waals surface area contributed by atoms with Crippen LogP contribution in [-0.2, 0) is 4.74 Å². The molecule has 0 bridgehead atoms. The van der Waals surface area contributed by atoms with Gasteiger partial charge in [0.2, 0.25) is 5.95 Å². The van der Waals surface area contributed by atoms with Crippen LogP contribution in [0.5, 0.6) is 0 Å². The Kier molecular flexibility index (Phi) is 5.54. The zero-order valence-electron chi connectivity index (χ0n) is 13.9. The van der Waals surface area contributed by atoms with Crippen LogP contribution in [0, 0.1) is 0 Å². The van der Waals surface area contributed by atoms with Gasteiger partial charge in [0.05, 0.1) is 11.7 Å². The van der Waals surface area contributed by atoms with Gasteiger partial charge in [0, 0.05) is 35.8 Å². The molecule has 2 aromatic rings. The van der Waals surface area contributed by atoms with Crippen molar-refractivity contribution >= 4 is 27.4 Å². The normalized spacial score (nSPS) is 17.5. The number of ether oxygens (including phenoxy) is 1. The summed E-state index contributed by atoms with van der Waals surface area (Å²) in [4.78, 5) is 4.46. The summed E-state index contributed by atoms with van der Waals surface area (Å²) in [5, 5.41) is 8.11. The van der Waals surface area contributed by atoms with E-state index < -0.39 is 0 Å². The minimum absolute atomic E-state index is 0.282. The zero-order valence-corrected chi connectivity index (χ0v) is 15.5. The van der Waals surface area contributed by atoms with Crippen LogP contribution in [0.4, 0.5) is 5.95 Å². The smallest absolute Gasteiger partial charge is 0.241 e. The van der Waals surface area contributed by atoms with Crippen LogP contribution in [0.2, 0.25) is 0 Å². The van der Waals surface area contributed by atoms with Gasteiger partial charge in [-0.2, -0.15) is 0 Å². The summed E-state index contributed by atoms with van der Waals surface area (Å²) in [5.41, 5.74) is 2.35. The molecule has 0 amide bonds. The first-order chi connectivity index (χ1) is 11.2. The van der Waals surface area contributed by atoms with E-state index in [9.17, 15) is 0 Å². The third-order valence-corrected chi connectivity index (χ3v) is 5.28. The van der Waals surface area contributed by atoms with E-state index >= 15 is 0 Å². The first-order valence-electron chi connectivity index (χ1n) is 8.48. The van der Waals surface area contributed by atoms with Gasteiger partial charge in [-0.3, -0.25) is 0 Å². The lowest BCUT2D eigenvalue weighted by Crippen LogP contribution is -2.20. The number of aromatic nitrogens is 3. The molecule has 3 rings (SSSR count). The van der Waals surface area contributed by atoms with E-state index in [-0.39, 0.29) is 6.04 Å². The number of fused-ring (bicyclic) bond motifs is 1. The van der Waals surface area contributed by atoms with Crippen LogP contribution >= 0.6 is 15.9 Å². The van der Waals surface area contributed by atoms with Gasteiger partial charge in [-0.1, -0.05) is 19.3 Å². The Morgan fingerprint density at radius 2 is 2.17 bits per heavy atom. The number of anilines is 1. The zero-order chi connectivity index (χ0) is 16.2. The molecule has 6 heteroatoms. The molecular formula is C17H25BrN4O. The average Bonchev–Trinajstić information content (AvgIpc) is 2.90. The maximum Gasteiger partial charge on any atom is 0.241 e. The Morgan fingerprint density at radius 1 is 1.39 bits per heavy atom. The number of methoxy groups -OCH3 is 1. The van der Waals surface area contributed by atoms with Crippen molar-refractivity contribution in [1.82, 2.24) is 14.6 Å². The van der Waals surface area contributed by atoms with Crippen molar-refractivity contribution in [1.29, 1.82) is 0 Å². The number of nitrogens with one attached hydrogen (secondary N) is 1. The molecule has 0 radical (unpaired) electrons. The van der Waals surface area contributed by atoms with E-state index in [1.54, 1.807) is 7.11 Å². The van der Waals surface area contributed by atoms with Crippen LogP contribution in [0.1, 0.15) is 57.1 Å². The molecule has 1 unspecified atom stereocenters. The van der Waals surface area contributed by atoms with Crippen LogP contribution in [0.3, 0.4) is 0 Å². The number of halogens is 1. The summed E-state index contributed by atoms with van der Waals surface area (Å²) in [6, 6.07) is 2.50. The Bertz CT molecular complexity index is 651. The molecule has 1 saturated carbocycles. The summed E-state index contributed by atoms with van der Waals surface area (Å²) in [6.45, 7) is 2.86. The summed E-state index contributed by atoms with van der Waals surface area (Å²) in [5.74, 6) is 1.29. The van der Waals surface area contributed by atoms with E-state index in [0.717, 1.165) is 23.0 Å². The Balaban J connectivity index is 1.85. The molecule has 23 heavy (non-hydrogen) atoms. The van der Waals surface area contributed by atoms with Crippen molar-refractivity contribution in [3.05, 3.63) is 22.4 Å². The largest absolute Gasteiger partial charge is 0.385 e. The molecule has 0 aliphatic heterocycles. The maximum atomic E-state index is 5.13. The molecule has 2 aromatic heterocycles. The van der Waals surface area contributed by atoms with Gasteiger partial charge in [-0.15, -0.1) is 5.10 Å². The van der Waals surface area contributed by atoms with Gasteiger partial charge < -0.3 is 10.1 Å². The van der Waals surface area contributed by atoms with Gasteiger partial charge in [-0.05, 0) is 48.2 Å². The maximum absolute atomic E-state index is 5.13. The molecule has 1 N–H and O–H groups in total. The molecule has 0 saturated heterocycles. The fourth-order valence-corrected chi connectivity index (χ4v) is 3.82. The summed E-state index contributed by atoms with van der Waals surface area (Å²) >= 11 is 3.66. The number of nitrogens with zero attached hydrogens (tertiary/aromatic N) is 3. The lowest BCUT2D eigenvalue weighted by molar-refractivity contribution is 0.191. The second kappa shape index (κ2) is 7.62. The van der Waals surface area contributed by atoms with Crippen LogP contribution in [0.25, 0.3) is 5.52 Å². The lowest BCUT2D eigenvalue weighted by atomic mass is 9.87. The minimum Gasteiger partial charge on any atom is -0.385 e. The van der Waals surface area contributed by atoms with E-state index in [1.165, 1.54) is 37.8 Å². The molecule has 1 atom stereocenters. The quantitative estimate of drug-likeness (QED) is 0.807. The van der Waals surface area contributed by atoms with Crippen LogP contribution in [-0.4, -0.2) is 34.4 Å². The number of rotatable bonds is 6. The third-order valence-electron chi connectivity index (χ3n) is 4.65. The molecule has 1 fully saturated rings. The molecule has 0 spiro atoms. The second-order valence-electron chi connectivity index (χ2n) is 6.46. The summed E-state index contributed by atoms with van der Waals surface area (Å²) < 4.78 is 8.28. The summed E-state index contributed by atoms with van der Waals surface area (Å²) in [7, 11) is 1.73. The molecule has 0 aromatic carbocycles. The third kappa shape index (κ3) is 3.86. The van der Waals surface area contributed by atoms with Crippen molar-refractivity contribution in [2.75, 3.05) is 19.0 Å². The van der Waals surface area contributed by atoms with Crippen molar-refractivity contribution in [3.63, 3.8) is 0 Å². The van der Waals surface area contributed by atoms with Crippen molar-refractivity contribution < 1.29 is 4.74 Å². The molecule has 1 aliphatic rings. The molecule has 5 nitrogen and oxygen atoms in total. The predicted octanol–water partition coefficient (Wildman–Crippen LogP) is 4.38. The van der Waals surface area contributed by atoms with E-state index in [0.29, 0.717) is 11.9 Å². The fourth-order valence-electron chi connectivity index (χ4n) is 3.32. The molecule has 1 aliphatic carbocycles. The standard InChI is InChI=1S/C17H25BrN4O/c1-12(8-9-23-2)20-17-19-11-16-14(18)10-15(22(16)21-17)13-6-4-3-5-7-13/h10-13H,3-9H2,1-2H3,(H,20,21). The monoisotopic (exact) mass is 380 g/mol. The highest BCUT2D eigenvalue weighted by molar-refractivity contribution is 9.10. The predicted molar refractivity (Wildman–Crippen MR) is 96.1 cm³/mol. The lowest BCUT2D eigenvalue weighted by Gasteiger charge is -2.21. The Labute approximate surface area is 145 Å². The molecular weight excluding hydrogens is 356 g/mol. The van der Waals surface area contributed by atoms with E-state index in [1.807, 2.05) is 6.20 Å². The average molecular weight is 381 g/mol. The topological polar surface area (TPSA) is 51.5 Å². The molecule has 2 heterocycles.